The summed E-state index contributed by atoms with van der Waals surface area (Å²) in [6, 6.07) is 0. The smallest absolute Gasteiger partial charge is 0.0111 e. The summed E-state index contributed by atoms with van der Waals surface area (Å²) >= 11 is 0. The van der Waals surface area contributed by atoms with Gasteiger partial charge in [-0.25, -0.2) is 10.0 Å². The fourth-order valence-electron chi connectivity index (χ4n) is 2.08. The van der Waals surface area contributed by atoms with Gasteiger partial charge < -0.3 is 0 Å². The van der Waals surface area contributed by atoms with Crippen LogP contribution >= 0.6 is 10.0 Å². The Hall–Kier alpha value is -0.690. The second-order valence-electron chi connectivity index (χ2n) is 5.70. The standard InChI is InChI=1S/C17H28S/c1-7-8-12-17(15(3)18(4,5)6)16-13-10-9-11-14(16)2/h8,11-13H,7,9-10H2,1-6H3/b12-8-,17-15+. The van der Waals surface area contributed by atoms with Crippen molar-refractivity contribution in [2.75, 3.05) is 18.8 Å². The van der Waals surface area contributed by atoms with Crippen LogP contribution in [0.2, 0.25) is 0 Å². The molecule has 0 aliphatic heterocycles. The SMILES string of the molecule is CC/C=C\C(C1=CCCC=C1C)=C(\C)S(C)(C)C. The highest BCUT2D eigenvalue weighted by atomic mass is 32.3. The van der Waals surface area contributed by atoms with Crippen molar-refractivity contribution in [3.8, 4) is 0 Å². The van der Waals surface area contributed by atoms with Crippen LogP contribution in [-0.2, 0) is 0 Å². The predicted molar refractivity (Wildman–Crippen MR) is 88.6 cm³/mol. The van der Waals surface area contributed by atoms with Gasteiger partial charge in [-0.1, -0.05) is 31.2 Å². The maximum atomic E-state index is 2.42. The molecular weight excluding hydrogens is 236 g/mol. The molecule has 1 rings (SSSR count). The Balaban J connectivity index is 3.27. The largest absolute Gasteiger partial charge is 0.227 e. The van der Waals surface area contributed by atoms with E-state index in [-0.39, 0.29) is 0 Å². The third-order valence-electron chi connectivity index (χ3n) is 3.50. The van der Waals surface area contributed by atoms with Crippen molar-refractivity contribution in [1.29, 1.82) is 0 Å². The summed E-state index contributed by atoms with van der Waals surface area (Å²) in [5.74, 6) is 0. The molecule has 0 amide bonds. The van der Waals surface area contributed by atoms with Gasteiger partial charge in [0.1, 0.15) is 0 Å². The number of rotatable bonds is 4. The molecule has 18 heavy (non-hydrogen) atoms. The molecule has 1 heteroatoms. The zero-order valence-corrected chi connectivity index (χ0v) is 13.7. The Labute approximate surface area is 115 Å². The van der Waals surface area contributed by atoms with Gasteiger partial charge in [0.15, 0.2) is 0 Å². The van der Waals surface area contributed by atoms with E-state index in [0.717, 1.165) is 6.42 Å². The minimum absolute atomic E-state index is 0.645. The molecule has 0 fully saturated rings. The first kappa shape index (κ1) is 15.4. The molecule has 1 aliphatic rings. The van der Waals surface area contributed by atoms with Gasteiger partial charge in [0.05, 0.1) is 0 Å². The molecule has 0 aromatic heterocycles. The van der Waals surface area contributed by atoms with Gasteiger partial charge in [0.2, 0.25) is 0 Å². The zero-order valence-electron chi connectivity index (χ0n) is 12.8. The first-order chi connectivity index (χ1) is 8.38. The van der Waals surface area contributed by atoms with Crippen LogP contribution in [0.25, 0.3) is 0 Å². The summed E-state index contributed by atoms with van der Waals surface area (Å²) in [5.41, 5.74) is 4.37. The van der Waals surface area contributed by atoms with Crippen LogP contribution < -0.4 is 0 Å². The molecule has 0 spiro atoms. The van der Waals surface area contributed by atoms with E-state index in [1.165, 1.54) is 29.6 Å². The average molecular weight is 264 g/mol. The van der Waals surface area contributed by atoms with Gasteiger partial charge in [0, 0.05) is 0 Å². The summed E-state index contributed by atoms with van der Waals surface area (Å²) in [6.07, 6.45) is 20.0. The van der Waals surface area contributed by atoms with Crippen molar-refractivity contribution in [3.63, 3.8) is 0 Å². The fourth-order valence-corrected chi connectivity index (χ4v) is 2.92. The van der Waals surface area contributed by atoms with Crippen LogP contribution in [0.4, 0.5) is 0 Å². The molecule has 102 valence electrons. The van der Waals surface area contributed by atoms with E-state index in [1.807, 2.05) is 0 Å². The Kier molecular flexibility index (Phi) is 5.52. The highest BCUT2D eigenvalue weighted by Gasteiger charge is 2.16. The van der Waals surface area contributed by atoms with Gasteiger partial charge in [-0.05, 0) is 73.5 Å². The van der Waals surface area contributed by atoms with Crippen molar-refractivity contribution >= 4 is 10.0 Å². The lowest BCUT2D eigenvalue weighted by Gasteiger charge is -2.30. The van der Waals surface area contributed by atoms with Crippen LogP contribution in [0.5, 0.6) is 0 Å². The van der Waals surface area contributed by atoms with Crippen LogP contribution in [0.15, 0.2) is 45.9 Å². The van der Waals surface area contributed by atoms with Crippen molar-refractivity contribution in [2.24, 2.45) is 0 Å². The highest BCUT2D eigenvalue weighted by molar-refractivity contribution is 8.35. The second-order valence-corrected chi connectivity index (χ2v) is 9.99. The van der Waals surface area contributed by atoms with Gasteiger partial charge in [-0.3, -0.25) is 0 Å². The molecule has 0 N–H and O–H groups in total. The Morgan fingerprint density at radius 1 is 1.22 bits per heavy atom. The monoisotopic (exact) mass is 264 g/mol. The van der Waals surface area contributed by atoms with E-state index in [0.29, 0.717) is 0 Å². The molecule has 0 bridgehead atoms. The molecule has 0 aromatic carbocycles. The molecule has 0 aromatic rings. The quantitative estimate of drug-likeness (QED) is 0.581. The summed E-state index contributed by atoms with van der Waals surface area (Å²) in [5, 5.41) is 0. The van der Waals surface area contributed by atoms with Crippen molar-refractivity contribution < 1.29 is 0 Å². The van der Waals surface area contributed by atoms with Gasteiger partial charge >= 0.3 is 0 Å². The van der Waals surface area contributed by atoms with Crippen LogP contribution in [0.1, 0.15) is 40.0 Å². The van der Waals surface area contributed by atoms with E-state index >= 15 is 0 Å². The van der Waals surface area contributed by atoms with Gasteiger partial charge in [-0.2, -0.15) is 0 Å². The third kappa shape index (κ3) is 3.91. The minimum atomic E-state index is -0.645. The van der Waals surface area contributed by atoms with Crippen LogP contribution in [0.3, 0.4) is 0 Å². The highest BCUT2D eigenvalue weighted by Crippen LogP contribution is 2.48. The lowest BCUT2D eigenvalue weighted by molar-refractivity contribution is 0.995. The lowest BCUT2D eigenvalue weighted by atomic mass is 9.92. The Morgan fingerprint density at radius 2 is 1.83 bits per heavy atom. The van der Waals surface area contributed by atoms with E-state index < -0.39 is 10.0 Å². The third-order valence-corrected chi connectivity index (χ3v) is 5.56. The number of hydrogen-bond donors (Lipinski definition) is 0. The second kappa shape index (κ2) is 6.47. The van der Waals surface area contributed by atoms with Gasteiger partial charge in [0.25, 0.3) is 0 Å². The first-order valence-corrected chi connectivity index (χ1v) is 9.67. The maximum Gasteiger partial charge on any atom is -0.0111 e. The van der Waals surface area contributed by atoms with Crippen molar-refractivity contribution in [2.45, 2.75) is 40.0 Å². The van der Waals surface area contributed by atoms with E-state index in [9.17, 15) is 0 Å². The predicted octanol–water partition coefficient (Wildman–Crippen LogP) is 5.59. The fraction of sp³-hybridized carbons (Fsp3) is 0.529. The summed E-state index contributed by atoms with van der Waals surface area (Å²) < 4.78 is 0. The van der Waals surface area contributed by atoms with E-state index in [1.54, 1.807) is 4.91 Å². The summed E-state index contributed by atoms with van der Waals surface area (Å²) in [4.78, 5) is 1.56. The normalized spacial score (nSPS) is 19.4. The molecule has 0 saturated heterocycles. The molecule has 0 radical (unpaired) electrons. The maximum absolute atomic E-state index is 2.42. The van der Waals surface area contributed by atoms with Crippen LogP contribution in [-0.4, -0.2) is 18.8 Å². The van der Waals surface area contributed by atoms with E-state index in [2.05, 4.69) is 63.8 Å². The van der Waals surface area contributed by atoms with Crippen molar-refractivity contribution in [3.05, 3.63) is 45.9 Å². The minimum Gasteiger partial charge on any atom is -0.227 e. The number of hydrogen-bond acceptors (Lipinski definition) is 0. The number of allylic oxidation sites excluding steroid dienone is 8. The summed E-state index contributed by atoms with van der Waals surface area (Å²) in [6.45, 7) is 6.76. The summed E-state index contributed by atoms with van der Waals surface area (Å²) in [7, 11) is -0.645. The molecular formula is C17H28S. The topological polar surface area (TPSA) is 0 Å². The van der Waals surface area contributed by atoms with Crippen molar-refractivity contribution in [1.82, 2.24) is 0 Å². The molecule has 0 saturated carbocycles. The average Bonchev–Trinajstić information content (AvgIpc) is 2.30. The lowest BCUT2D eigenvalue weighted by Crippen LogP contribution is -2.02. The molecule has 0 nitrogen and oxygen atoms in total. The molecule has 0 unspecified atom stereocenters. The van der Waals surface area contributed by atoms with Crippen LogP contribution in [0, 0.1) is 0 Å². The Bertz CT molecular complexity index is 411. The Morgan fingerprint density at radius 3 is 2.33 bits per heavy atom. The first-order valence-electron chi connectivity index (χ1n) is 6.81. The van der Waals surface area contributed by atoms with Gasteiger partial charge in [-0.15, -0.1) is 0 Å². The van der Waals surface area contributed by atoms with E-state index in [4.69, 9.17) is 0 Å². The molecule has 1 aliphatic carbocycles. The zero-order chi connectivity index (χ0) is 13.8. The molecule has 0 heterocycles. The molecule has 0 atom stereocenters.